The van der Waals surface area contributed by atoms with Crippen molar-refractivity contribution in [2.75, 3.05) is 0 Å². The number of carbonyl (C=O) groups is 2. The molecule has 2 aromatic rings. The molecule has 0 aliphatic carbocycles. The van der Waals surface area contributed by atoms with Crippen molar-refractivity contribution < 1.29 is 9.59 Å². The van der Waals surface area contributed by atoms with E-state index in [4.69, 9.17) is 0 Å². The summed E-state index contributed by atoms with van der Waals surface area (Å²) >= 11 is 0. The van der Waals surface area contributed by atoms with E-state index in [1.54, 1.807) is 0 Å². The Morgan fingerprint density at radius 2 is 1.24 bits per heavy atom. The van der Waals surface area contributed by atoms with Gasteiger partial charge in [0.25, 0.3) is 0 Å². The smallest absolute Gasteiger partial charge is 0.309 e. The van der Waals surface area contributed by atoms with Gasteiger partial charge in [0.2, 0.25) is 0 Å². The van der Waals surface area contributed by atoms with E-state index >= 15 is 0 Å². The predicted molar refractivity (Wildman–Crippen MR) is 81.3 cm³/mol. The average Bonchev–Trinajstić information content (AvgIpc) is 2.52. The largest absolute Gasteiger partial charge is 0.344 e. The topological polar surface area (TPSA) is 58.2 Å². The van der Waals surface area contributed by atoms with Gasteiger partial charge in [-0.05, 0) is 18.1 Å². The van der Waals surface area contributed by atoms with Gasteiger partial charge in [-0.2, -0.15) is 0 Å². The fourth-order valence-electron chi connectivity index (χ4n) is 1.83. The third-order valence-corrected chi connectivity index (χ3v) is 3.08. The Labute approximate surface area is 124 Å². The lowest BCUT2D eigenvalue weighted by Crippen LogP contribution is -2.39. The SMILES string of the molecule is Cc1ccc(CNC(=O)C(=O)NCc2ccccc2)cc1. The van der Waals surface area contributed by atoms with Crippen LogP contribution in [0, 0.1) is 6.92 Å². The molecule has 108 valence electrons. The second-order valence-electron chi connectivity index (χ2n) is 4.84. The quantitative estimate of drug-likeness (QED) is 0.842. The molecule has 0 atom stereocenters. The lowest BCUT2D eigenvalue weighted by atomic mass is 10.1. The molecule has 0 saturated carbocycles. The molecule has 0 heterocycles. The van der Waals surface area contributed by atoms with Crippen LogP contribution in [-0.4, -0.2) is 11.8 Å². The number of benzene rings is 2. The van der Waals surface area contributed by atoms with Gasteiger partial charge < -0.3 is 10.6 Å². The van der Waals surface area contributed by atoms with E-state index in [1.165, 1.54) is 0 Å². The van der Waals surface area contributed by atoms with Gasteiger partial charge >= 0.3 is 11.8 Å². The van der Waals surface area contributed by atoms with Gasteiger partial charge in [-0.25, -0.2) is 0 Å². The number of carbonyl (C=O) groups excluding carboxylic acids is 2. The summed E-state index contributed by atoms with van der Waals surface area (Å²) in [6.45, 7) is 2.69. The highest BCUT2D eigenvalue weighted by Gasteiger charge is 2.12. The zero-order valence-electron chi connectivity index (χ0n) is 11.9. The molecule has 2 rings (SSSR count). The summed E-state index contributed by atoms with van der Waals surface area (Å²) in [6, 6.07) is 17.3. The van der Waals surface area contributed by atoms with Gasteiger partial charge in [0.15, 0.2) is 0 Å². The molecule has 0 bridgehead atoms. The van der Waals surface area contributed by atoms with Crippen molar-refractivity contribution in [3.63, 3.8) is 0 Å². The Morgan fingerprint density at radius 1 is 0.762 bits per heavy atom. The van der Waals surface area contributed by atoms with Crippen LogP contribution in [0.5, 0.6) is 0 Å². The normalized spacial score (nSPS) is 9.95. The number of amides is 2. The van der Waals surface area contributed by atoms with Gasteiger partial charge in [-0.15, -0.1) is 0 Å². The first-order valence-electron chi connectivity index (χ1n) is 6.80. The molecular weight excluding hydrogens is 264 g/mol. The molecule has 2 N–H and O–H groups in total. The summed E-state index contributed by atoms with van der Waals surface area (Å²) in [4.78, 5) is 23.3. The molecule has 0 fully saturated rings. The molecule has 0 saturated heterocycles. The summed E-state index contributed by atoms with van der Waals surface area (Å²) in [5.74, 6) is -1.24. The van der Waals surface area contributed by atoms with Crippen molar-refractivity contribution >= 4 is 11.8 Å². The fraction of sp³-hybridized carbons (Fsp3) is 0.176. The van der Waals surface area contributed by atoms with E-state index < -0.39 is 11.8 Å². The highest BCUT2D eigenvalue weighted by molar-refractivity contribution is 6.35. The maximum Gasteiger partial charge on any atom is 0.309 e. The van der Waals surface area contributed by atoms with Gasteiger partial charge in [0, 0.05) is 13.1 Å². The number of nitrogens with one attached hydrogen (secondary N) is 2. The molecule has 21 heavy (non-hydrogen) atoms. The van der Waals surface area contributed by atoms with Crippen molar-refractivity contribution in [1.82, 2.24) is 10.6 Å². The Morgan fingerprint density at radius 3 is 1.76 bits per heavy atom. The van der Waals surface area contributed by atoms with Gasteiger partial charge in [-0.3, -0.25) is 9.59 Å². The second kappa shape index (κ2) is 7.24. The van der Waals surface area contributed by atoms with Crippen LogP contribution in [0.4, 0.5) is 0 Å². The highest BCUT2D eigenvalue weighted by Crippen LogP contribution is 2.02. The Bertz CT molecular complexity index is 606. The van der Waals surface area contributed by atoms with E-state index in [0.717, 1.165) is 16.7 Å². The average molecular weight is 282 g/mol. The first kappa shape index (κ1) is 14.8. The molecular formula is C17H18N2O2. The third-order valence-electron chi connectivity index (χ3n) is 3.08. The molecule has 0 aliphatic rings. The first-order valence-corrected chi connectivity index (χ1v) is 6.80. The number of rotatable bonds is 4. The first-order chi connectivity index (χ1) is 10.1. The van der Waals surface area contributed by atoms with Crippen LogP contribution in [0.15, 0.2) is 54.6 Å². The van der Waals surface area contributed by atoms with E-state index in [9.17, 15) is 9.59 Å². The standard InChI is InChI=1S/C17H18N2O2/c1-13-7-9-15(10-8-13)12-19-17(21)16(20)18-11-14-5-3-2-4-6-14/h2-10H,11-12H2,1H3,(H,18,20)(H,19,21). The van der Waals surface area contributed by atoms with Crippen molar-refractivity contribution in [2.24, 2.45) is 0 Å². The lowest BCUT2D eigenvalue weighted by Gasteiger charge is -2.07. The minimum absolute atomic E-state index is 0.345. The molecule has 4 nitrogen and oxygen atoms in total. The van der Waals surface area contributed by atoms with E-state index in [1.807, 2.05) is 61.5 Å². The Kier molecular flexibility index (Phi) is 5.10. The summed E-state index contributed by atoms with van der Waals surface area (Å²) in [5, 5.41) is 5.20. The molecule has 2 amide bonds. The van der Waals surface area contributed by atoms with Crippen LogP contribution in [0.3, 0.4) is 0 Å². The second-order valence-corrected chi connectivity index (χ2v) is 4.84. The van der Waals surface area contributed by atoms with E-state index in [2.05, 4.69) is 10.6 Å². The molecule has 4 heteroatoms. The minimum Gasteiger partial charge on any atom is -0.344 e. The zero-order valence-corrected chi connectivity index (χ0v) is 11.9. The fourth-order valence-corrected chi connectivity index (χ4v) is 1.83. The third kappa shape index (κ3) is 4.76. The van der Waals surface area contributed by atoms with Gasteiger partial charge in [0.05, 0.1) is 0 Å². The molecule has 0 aromatic heterocycles. The molecule has 0 unspecified atom stereocenters. The number of hydrogen-bond donors (Lipinski definition) is 2. The van der Waals surface area contributed by atoms with Crippen molar-refractivity contribution in [3.8, 4) is 0 Å². The van der Waals surface area contributed by atoms with Crippen LogP contribution in [0.2, 0.25) is 0 Å². The highest BCUT2D eigenvalue weighted by atomic mass is 16.2. The van der Waals surface area contributed by atoms with Crippen molar-refractivity contribution in [3.05, 3.63) is 71.3 Å². The molecule has 2 aromatic carbocycles. The van der Waals surface area contributed by atoms with Crippen molar-refractivity contribution in [1.29, 1.82) is 0 Å². The van der Waals surface area contributed by atoms with E-state index in [-0.39, 0.29) is 0 Å². The van der Waals surface area contributed by atoms with Crippen LogP contribution < -0.4 is 10.6 Å². The number of hydrogen-bond acceptors (Lipinski definition) is 2. The van der Waals surface area contributed by atoms with E-state index in [0.29, 0.717) is 13.1 Å². The maximum absolute atomic E-state index is 11.7. The van der Waals surface area contributed by atoms with Crippen LogP contribution in [0.1, 0.15) is 16.7 Å². The summed E-state index contributed by atoms with van der Waals surface area (Å²) < 4.78 is 0. The van der Waals surface area contributed by atoms with Crippen LogP contribution in [0.25, 0.3) is 0 Å². The maximum atomic E-state index is 11.7. The van der Waals surface area contributed by atoms with Gasteiger partial charge in [0.1, 0.15) is 0 Å². The summed E-state index contributed by atoms with van der Waals surface area (Å²) in [6.07, 6.45) is 0. The summed E-state index contributed by atoms with van der Waals surface area (Å²) in [7, 11) is 0. The lowest BCUT2D eigenvalue weighted by molar-refractivity contribution is -0.139. The number of aryl methyl sites for hydroxylation is 1. The summed E-state index contributed by atoms with van der Waals surface area (Å²) in [5.41, 5.74) is 3.08. The predicted octanol–water partition coefficient (Wildman–Crippen LogP) is 1.93. The van der Waals surface area contributed by atoms with Gasteiger partial charge in [-0.1, -0.05) is 60.2 Å². The molecule has 0 radical (unpaired) electrons. The Balaban J connectivity index is 1.77. The van der Waals surface area contributed by atoms with Crippen LogP contribution in [-0.2, 0) is 22.7 Å². The van der Waals surface area contributed by atoms with Crippen LogP contribution >= 0.6 is 0 Å². The molecule has 0 aliphatic heterocycles. The molecule has 0 spiro atoms. The minimum atomic E-state index is -0.619. The Hall–Kier alpha value is -2.62. The zero-order chi connectivity index (χ0) is 15.1. The van der Waals surface area contributed by atoms with Crippen molar-refractivity contribution in [2.45, 2.75) is 20.0 Å². The monoisotopic (exact) mass is 282 g/mol.